The van der Waals surface area contributed by atoms with Crippen LogP contribution in [0.25, 0.3) is 0 Å². The molecule has 114 valence electrons. The summed E-state index contributed by atoms with van der Waals surface area (Å²) in [5.74, 6) is 1.01. The number of nitrogens with zero attached hydrogens (tertiary/aromatic N) is 1. The Bertz CT molecular complexity index is 345. The van der Waals surface area contributed by atoms with Crippen LogP contribution in [0.5, 0.6) is 5.75 Å². The Kier molecular flexibility index (Phi) is 8.36. The summed E-state index contributed by atoms with van der Waals surface area (Å²) in [5, 5.41) is 0. The molecule has 0 aliphatic rings. The van der Waals surface area contributed by atoms with Crippen LogP contribution in [0, 0.1) is 0 Å². The molecule has 2 heteroatoms. The molecule has 0 radical (unpaired) electrons. The summed E-state index contributed by atoms with van der Waals surface area (Å²) in [6.45, 7) is 5.35. The summed E-state index contributed by atoms with van der Waals surface area (Å²) < 4.78 is 5.76. The Morgan fingerprint density at radius 3 is 2.35 bits per heavy atom. The second-order valence-electron chi connectivity index (χ2n) is 5.90. The third kappa shape index (κ3) is 6.95. The quantitative estimate of drug-likeness (QED) is 0.583. The Hall–Kier alpha value is -1.02. The number of hydrogen-bond acceptors (Lipinski definition) is 2. The van der Waals surface area contributed by atoms with Gasteiger partial charge in [-0.15, -0.1) is 0 Å². The molecular weight excluding hydrogens is 246 g/mol. The van der Waals surface area contributed by atoms with Crippen LogP contribution >= 0.6 is 0 Å². The summed E-state index contributed by atoms with van der Waals surface area (Å²) in [5.41, 5.74) is 1.40. The smallest absolute Gasteiger partial charge is 0.119 e. The number of benzene rings is 1. The van der Waals surface area contributed by atoms with Crippen LogP contribution in [0.1, 0.15) is 51.5 Å². The van der Waals surface area contributed by atoms with E-state index < -0.39 is 0 Å². The summed E-state index contributed by atoms with van der Waals surface area (Å²) >= 11 is 0. The largest absolute Gasteiger partial charge is 0.494 e. The normalized spacial score (nSPS) is 12.7. The van der Waals surface area contributed by atoms with Gasteiger partial charge in [0, 0.05) is 6.04 Å². The van der Waals surface area contributed by atoms with Gasteiger partial charge >= 0.3 is 0 Å². The molecule has 1 atom stereocenters. The van der Waals surface area contributed by atoms with Crippen molar-refractivity contribution < 1.29 is 4.74 Å². The second-order valence-corrected chi connectivity index (χ2v) is 5.90. The van der Waals surface area contributed by atoms with Crippen molar-refractivity contribution >= 4 is 0 Å². The monoisotopic (exact) mass is 277 g/mol. The molecular formula is C18H31NO. The molecule has 0 spiro atoms. The fraction of sp³-hybridized carbons (Fsp3) is 0.667. The standard InChI is InChI=1S/C18H31NO/c1-5-6-7-8-15-20-18-13-11-17(12-14-18)10-9-16(2)19(3)4/h11-14,16H,5-10,15H2,1-4H3. The molecule has 0 fully saturated rings. The summed E-state index contributed by atoms with van der Waals surface area (Å²) in [6.07, 6.45) is 7.36. The molecule has 1 aromatic carbocycles. The highest BCUT2D eigenvalue weighted by Crippen LogP contribution is 2.15. The molecule has 0 aliphatic carbocycles. The molecule has 1 aromatic rings. The SMILES string of the molecule is CCCCCCOc1ccc(CCC(C)N(C)C)cc1. The lowest BCUT2D eigenvalue weighted by atomic mass is 10.1. The molecule has 2 nitrogen and oxygen atoms in total. The number of hydrogen-bond donors (Lipinski definition) is 0. The molecule has 0 N–H and O–H groups in total. The molecule has 0 aliphatic heterocycles. The van der Waals surface area contributed by atoms with Crippen molar-refractivity contribution in [1.29, 1.82) is 0 Å². The zero-order valence-electron chi connectivity index (χ0n) is 13.7. The maximum Gasteiger partial charge on any atom is 0.119 e. The average Bonchev–Trinajstić information content (AvgIpc) is 2.45. The van der Waals surface area contributed by atoms with Crippen molar-refractivity contribution in [2.24, 2.45) is 0 Å². The first kappa shape index (κ1) is 17.0. The minimum atomic E-state index is 0.629. The lowest BCUT2D eigenvalue weighted by molar-refractivity contribution is 0.298. The lowest BCUT2D eigenvalue weighted by Crippen LogP contribution is -2.24. The molecule has 0 saturated heterocycles. The zero-order chi connectivity index (χ0) is 14.8. The fourth-order valence-electron chi connectivity index (χ4n) is 2.10. The van der Waals surface area contributed by atoms with Crippen molar-refractivity contribution in [1.82, 2.24) is 4.90 Å². The summed E-state index contributed by atoms with van der Waals surface area (Å²) in [4.78, 5) is 2.27. The van der Waals surface area contributed by atoms with E-state index in [-0.39, 0.29) is 0 Å². The van der Waals surface area contributed by atoms with Crippen LogP contribution < -0.4 is 4.74 Å². The van der Waals surface area contributed by atoms with Crippen LogP contribution in [0.15, 0.2) is 24.3 Å². The van der Waals surface area contributed by atoms with Gasteiger partial charge in [-0.1, -0.05) is 38.3 Å². The van der Waals surface area contributed by atoms with Crippen LogP contribution in [0.2, 0.25) is 0 Å². The Labute approximate surface area is 125 Å². The number of aryl methyl sites for hydroxylation is 1. The van der Waals surface area contributed by atoms with Gasteiger partial charge in [-0.3, -0.25) is 0 Å². The van der Waals surface area contributed by atoms with Crippen molar-refractivity contribution in [3.63, 3.8) is 0 Å². The third-order valence-corrected chi connectivity index (χ3v) is 3.92. The highest BCUT2D eigenvalue weighted by Gasteiger charge is 2.04. The van der Waals surface area contributed by atoms with Crippen LogP contribution in [0.4, 0.5) is 0 Å². The van der Waals surface area contributed by atoms with E-state index in [9.17, 15) is 0 Å². The molecule has 1 rings (SSSR count). The molecule has 0 aromatic heterocycles. The van der Waals surface area contributed by atoms with Gasteiger partial charge in [0.2, 0.25) is 0 Å². The Morgan fingerprint density at radius 2 is 1.75 bits per heavy atom. The fourth-order valence-corrected chi connectivity index (χ4v) is 2.10. The highest BCUT2D eigenvalue weighted by molar-refractivity contribution is 5.27. The lowest BCUT2D eigenvalue weighted by Gasteiger charge is -2.19. The van der Waals surface area contributed by atoms with E-state index in [1.54, 1.807) is 0 Å². The predicted octanol–water partition coefficient (Wildman–Crippen LogP) is 4.53. The first-order valence-electron chi connectivity index (χ1n) is 8.01. The maximum absolute atomic E-state index is 5.76. The highest BCUT2D eigenvalue weighted by atomic mass is 16.5. The van der Waals surface area contributed by atoms with Crippen molar-refractivity contribution in [2.45, 2.75) is 58.4 Å². The van der Waals surface area contributed by atoms with Gasteiger partial charge < -0.3 is 9.64 Å². The minimum absolute atomic E-state index is 0.629. The average molecular weight is 277 g/mol. The van der Waals surface area contributed by atoms with E-state index >= 15 is 0 Å². The first-order chi connectivity index (χ1) is 9.63. The van der Waals surface area contributed by atoms with Gasteiger partial charge in [-0.25, -0.2) is 0 Å². The van der Waals surface area contributed by atoms with E-state index in [2.05, 4.69) is 57.1 Å². The topological polar surface area (TPSA) is 12.5 Å². The van der Waals surface area contributed by atoms with Crippen LogP contribution in [-0.4, -0.2) is 31.6 Å². The zero-order valence-corrected chi connectivity index (χ0v) is 13.7. The maximum atomic E-state index is 5.76. The molecule has 20 heavy (non-hydrogen) atoms. The van der Waals surface area contributed by atoms with E-state index in [4.69, 9.17) is 4.74 Å². The van der Waals surface area contributed by atoms with Gasteiger partial charge in [-0.2, -0.15) is 0 Å². The van der Waals surface area contributed by atoms with E-state index in [0.29, 0.717) is 6.04 Å². The number of ether oxygens (including phenoxy) is 1. The molecule has 0 heterocycles. The van der Waals surface area contributed by atoms with E-state index in [1.807, 2.05) is 0 Å². The second kappa shape index (κ2) is 9.82. The summed E-state index contributed by atoms with van der Waals surface area (Å²) in [7, 11) is 4.28. The predicted molar refractivity (Wildman–Crippen MR) is 87.5 cm³/mol. The Balaban J connectivity index is 2.26. The van der Waals surface area contributed by atoms with Crippen molar-refractivity contribution in [3.05, 3.63) is 29.8 Å². The number of rotatable bonds is 10. The van der Waals surface area contributed by atoms with Gasteiger partial charge in [-0.05, 0) is 58.0 Å². The summed E-state index contributed by atoms with van der Waals surface area (Å²) in [6, 6.07) is 9.24. The van der Waals surface area contributed by atoms with Gasteiger partial charge in [0.15, 0.2) is 0 Å². The van der Waals surface area contributed by atoms with Crippen LogP contribution in [0.3, 0.4) is 0 Å². The van der Waals surface area contributed by atoms with Crippen molar-refractivity contribution in [2.75, 3.05) is 20.7 Å². The van der Waals surface area contributed by atoms with Gasteiger partial charge in [0.25, 0.3) is 0 Å². The van der Waals surface area contributed by atoms with E-state index in [0.717, 1.165) is 25.2 Å². The third-order valence-electron chi connectivity index (χ3n) is 3.92. The first-order valence-corrected chi connectivity index (χ1v) is 8.01. The molecule has 1 unspecified atom stereocenters. The Morgan fingerprint density at radius 1 is 1.05 bits per heavy atom. The molecule has 0 amide bonds. The van der Waals surface area contributed by atoms with Crippen molar-refractivity contribution in [3.8, 4) is 5.75 Å². The molecule has 0 bridgehead atoms. The molecule has 0 saturated carbocycles. The minimum Gasteiger partial charge on any atom is -0.494 e. The van der Waals surface area contributed by atoms with Gasteiger partial charge in [0.05, 0.1) is 6.61 Å². The van der Waals surface area contributed by atoms with Crippen LogP contribution in [-0.2, 0) is 6.42 Å². The van der Waals surface area contributed by atoms with E-state index in [1.165, 1.54) is 31.2 Å². The number of unbranched alkanes of at least 4 members (excludes halogenated alkanes) is 3. The van der Waals surface area contributed by atoms with Gasteiger partial charge in [0.1, 0.15) is 5.75 Å².